The summed E-state index contributed by atoms with van der Waals surface area (Å²) < 4.78 is 11.7. The number of methoxy groups -OCH3 is 1. The van der Waals surface area contributed by atoms with E-state index in [1.165, 1.54) is 12.8 Å². The summed E-state index contributed by atoms with van der Waals surface area (Å²) in [6.45, 7) is 1.28. The van der Waals surface area contributed by atoms with Gasteiger partial charge < -0.3 is 14.4 Å². The van der Waals surface area contributed by atoms with Gasteiger partial charge in [-0.1, -0.05) is 12.1 Å². The van der Waals surface area contributed by atoms with Crippen LogP contribution in [0.3, 0.4) is 0 Å². The Morgan fingerprint density at radius 3 is 2.68 bits per heavy atom. The summed E-state index contributed by atoms with van der Waals surface area (Å²) in [5.74, 6) is 1.93. The molecule has 1 saturated heterocycles. The van der Waals surface area contributed by atoms with Crippen LogP contribution in [0.2, 0.25) is 0 Å². The van der Waals surface area contributed by atoms with Crippen LogP contribution in [0.4, 0.5) is 0 Å². The first-order valence-electron chi connectivity index (χ1n) is 9.75. The summed E-state index contributed by atoms with van der Waals surface area (Å²) in [5, 5.41) is 0. The first-order chi connectivity index (χ1) is 13.2. The second-order valence-corrected chi connectivity index (χ2v) is 7.43. The molecule has 150 valence electrons. The number of carbonyl (C=O) groups excluding carboxylic acids is 1. The van der Waals surface area contributed by atoms with E-state index in [-0.39, 0.29) is 30.3 Å². The Hall–Kier alpha value is -2.27. The molecule has 6 heteroatoms. The van der Waals surface area contributed by atoms with Crippen LogP contribution in [-0.2, 0) is 11.3 Å². The predicted molar refractivity (Wildman–Crippen MR) is 110 cm³/mol. The molecule has 1 unspecified atom stereocenters. The van der Waals surface area contributed by atoms with Crippen molar-refractivity contribution in [2.45, 2.75) is 50.7 Å². The Labute approximate surface area is 172 Å². The topological polar surface area (TPSA) is 51.7 Å². The minimum absolute atomic E-state index is 0. The molecule has 1 amide bonds. The van der Waals surface area contributed by atoms with Gasteiger partial charge in [0, 0.05) is 25.1 Å². The predicted octanol–water partition coefficient (Wildman–Crippen LogP) is 4.35. The molecule has 2 fully saturated rings. The van der Waals surface area contributed by atoms with E-state index in [4.69, 9.17) is 9.47 Å². The van der Waals surface area contributed by atoms with Gasteiger partial charge in [-0.05, 0) is 55.5 Å². The van der Waals surface area contributed by atoms with Gasteiger partial charge in [-0.2, -0.15) is 0 Å². The lowest BCUT2D eigenvalue weighted by molar-refractivity contribution is -0.128. The molecule has 0 radical (unpaired) electrons. The zero-order chi connectivity index (χ0) is 18.6. The number of hydrogen-bond donors (Lipinski definition) is 0. The van der Waals surface area contributed by atoms with E-state index >= 15 is 0 Å². The summed E-state index contributed by atoms with van der Waals surface area (Å²) in [6, 6.07) is 11.9. The largest absolute Gasteiger partial charge is 0.493 e. The molecule has 1 saturated carbocycles. The number of ether oxygens (including phenoxy) is 2. The molecule has 4 rings (SSSR count). The highest BCUT2D eigenvalue weighted by Crippen LogP contribution is 2.37. The number of nitrogens with zero attached hydrogens (tertiary/aromatic N) is 2. The van der Waals surface area contributed by atoms with Crippen LogP contribution in [0.1, 0.15) is 49.3 Å². The van der Waals surface area contributed by atoms with Crippen LogP contribution in [0.15, 0.2) is 42.6 Å². The summed E-state index contributed by atoms with van der Waals surface area (Å²) in [6.07, 6.45) is 7.24. The Bertz CT molecular complexity index is 794. The lowest BCUT2D eigenvalue weighted by Crippen LogP contribution is -2.24. The number of rotatable bonds is 6. The van der Waals surface area contributed by atoms with Crippen LogP contribution < -0.4 is 9.47 Å². The molecule has 1 aliphatic heterocycles. The van der Waals surface area contributed by atoms with Crippen molar-refractivity contribution in [3.05, 3.63) is 53.9 Å². The molecule has 1 aromatic heterocycles. The van der Waals surface area contributed by atoms with Crippen molar-refractivity contribution >= 4 is 18.3 Å². The lowest BCUT2D eigenvalue weighted by Gasteiger charge is -2.19. The third-order valence-corrected chi connectivity index (χ3v) is 5.55. The van der Waals surface area contributed by atoms with Crippen molar-refractivity contribution in [2.24, 2.45) is 0 Å². The SMILES string of the molecule is COc1ccc(C2CC(=O)N(Cc3ccccn3)C2)cc1OC1CCCC1.Cl. The fourth-order valence-corrected chi connectivity index (χ4v) is 4.06. The number of amides is 1. The molecule has 28 heavy (non-hydrogen) atoms. The Morgan fingerprint density at radius 2 is 1.96 bits per heavy atom. The number of benzene rings is 1. The van der Waals surface area contributed by atoms with Crippen LogP contribution in [-0.4, -0.2) is 35.5 Å². The number of aromatic nitrogens is 1. The molecule has 5 nitrogen and oxygen atoms in total. The van der Waals surface area contributed by atoms with Gasteiger partial charge in [0.2, 0.25) is 5.91 Å². The summed E-state index contributed by atoms with van der Waals surface area (Å²) >= 11 is 0. The monoisotopic (exact) mass is 402 g/mol. The number of pyridine rings is 1. The van der Waals surface area contributed by atoms with E-state index in [0.29, 0.717) is 19.5 Å². The van der Waals surface area contributed by atoms with E-state index in [1.54, 1.807) is 13.3 Å². The molecular weight excluding hydrogens is 376 g/mol. The van der Waals surface area contributed by atoms with Crippen LogP contribution in [0.5, 0.6) is 11.5 Å². The zero-order valence-electron chi connectivity index (χ0n) is 16.2. The molecule has 0 bridgehead atoms. The molecular formula is C22H27ClN2O3. The molecule has 1 atom stereocenters. The van der Waals surface area contributed by atoms with Gasteiger partial charge in [0.15, 0.2) is 11.5 Å². The molecule has 0 N–H and O–H groups in total. The number of carbonyl (C=O) groups is 1. The highest BCUT2D eigenvalue weighted by Gasteiger charge is 2.31. The van der Waals surface area contributed by atoms with Crippen LogP contribution in [0.25, 0.3) is 0 Å². The van der Waals surface area contributed by atoms with Gasteiger partial charge in [0.25, 0.3) is 0 Å². The Balaban J connectivity index is 0.00000225. The molecule has 2 aromatic rings. The molecule has 2 aliphatic rings. The van der Waals surface area contributed by atoms with Gasteiger partial charge in [-0.3, -0.25) is 9.78 Å². The number of likely N-dealkylation sites (tertiary alicyclic amines) is 1. The van der Waals surface area contributed by atoms with Crippen molar-refractivity contribution < 1.29 is 14.3 Å². The standard InChI is InChI=1S/C22H26N2O3.ClH/c1-26-20-10-9-16(12-21(20)27-19-7-2-3-8-19)17-13-22(25)24(14-17)15-18-6-4-5-11-23-18;/h4-6,9-12,17,19H,2-3,7-8,13-15H2,1H3;1H. The fraction of sp³-hybridized carbons (Fsp3) is 0.455. The van der Waals surface area contributed by atoms with Gasteiger partial charge in [-0.15, -0.1) is 12.4 Å². The highest BCUT2D eigenvalue weighted by molar-refractivity contribution is 5.85. The van der Waals surface area contributed by atoms with Gasteiger partial charge in [0.1, 0.15) is 0 Å². The Morgan fingerprint density at radius 1 is 1.14 bits per heavy atom. The van der Waals surface area contributed by atoms with E-state index < -0.39 is 0 Å². The minimum atomic E-state index is 0. The lowest BCUT2D eigenvalue weighted by atomic mass is 9.98. The van der Waals surface area contributed by atoms with Gasteiger partial charge in [-0.25, -0.2) is 0 Å². The average Bonchev–Trinajstić information content (AvgIpc) is 3.33. The zero-order valence-corrected chi connectivity index (χ0v) is 17.0. The van der Waals surface area contributed by atoms with Crippen molar-refractivity contribution in [2.75, 3.05) is 13.7 Å². The average molecular weight is 403 g/mol. The third kappa shape index (κ3) is 4.58. The number of halogens is 1. The summed E-state index contributed by atoms with van der Waals surface area (Å²) in [4.78, 5) is 18.7. The molecule has 1 aromatic carbocycles. The summed E-state index contributed by atoms with van der Waals surface area (Å²) in [7, 11) is 1.67. The first kappa shape index (κ1) is 20.5. The summed E-state index contributed by atoms with van der Waals surface area (Å²) in [5.41, 5.74) is 2.06. The van der Waals surface area contributed by atoms with Gasteiger partial charge in [0.05, 0.1) is 25.5 Å². The maximum Gasteiger partial charge on any atom is 0.223 e. The Kier molecular flexibility index (Phi) is 6.79. The van der Waals surface area contributed by atoms with Gasteiger partial charge >= 0.3 is 0 Å². The molecule has 1 aliphatic carbocycles. The van der Waals surface area contributed by atoms with E-state index in [1.807, 2.05) is 29.2 Å². The molecule has 0 spiro atoms. The first-order valence-corrected chi connectivity index (χ1v) is 9.75. The number of hydrogen-bond acceptors (Lipinski definition) is 4. The second kappa shape index (κ2) is 9.28. The smallest absolute Gasteiger partial charge is 0.223 e. The fourth-order valence-electron chi connectivity index (χ4n) is 4.06. The van der Waals surface area contributed by atoms with Crippen LogP contribution in [0, 0.1) is 0 Å². The van der Waals surface area contributed by atoms with Crippen molar-refractivity contribution in [1.29, 1.82) is 0 Å². The maximum atomic E-state index is 12.5. The van der Waals surface area contributed by atoms with Crippen molar-refractivity contribution in [1.82, 2.24) is 9.88 Å². The van der Waals surface area contributed by atoms with E-state index in [0.717, 1.165) is 35.6 Å². The quantitative estimate of drug-likeness (QED) is 0.720. The van der Waals surface area contributed by atoms with Crippen LogP contribution >= 0.6 is 12.4 Å². The van der Waals surface area contributed by atoms with Crippen molar-refractivity contribution in [3.63, 3.8) is 0 Å². The normalized spacial score (nSPS) is 19.5. The maximum absolute atomic E-state index is 12.5. The van der Waals surface area contributed by atoms with Crippen molar-refractivity contribution in [3.8, 4) is 11.5 Å². The third-order valence-electron chi connectivity index (χ3n) is 5.55. The molecule has 2 heterocycles. The van der Waals surface area contributed by atoms with E-state index in [2.05, 4.69) is 17.1 Å². The highest BCUT2D eigenvalue weighted by atomic mass is 35.5. The van der Waals surface area contributed by atoms with E-state index in [9.17, 15) is 4.79 Å². The minimum Gasteiger partial charge on any atom is -0.493 e. The second-order valence-electron chi connectivity index (χ2n) is 7.43.